The van der Waals surface area contributed by atoms with Crippen LogP contribution in [-0.2, 0) is 11.2 Å². The van der Waals surface area contributed by atoms with Gasteiger partial charge < -0.3 is 10.6 Å². The van der Waals surface area contributed by atoms with E-state index in [4.69, 9.17) is 11.6 Å². The Labute approximate surface area is 125 Å². The van der Waals surface area contributed by atoms with E-state index in [1.807, 2.05) is 24.3 Å². The molecule has 2 N–H and O–H groups in total. The van der Waals surface area contributed by atoms with Crippen LogP contribution in [0.1, 0.15) is 24.8 Å². The van der Waals surface area contributed by atoms with Crippen LogP contribution >= 0.6 is 11.6 Å². The van der Waals surface area contributed by atoms with Gasteiger partial charge in [0.25, 0.3) is 0 Å². The SMILES string of the molecule is O=C(NCCc1ccccc1Cl)C1CC12CCNCC2. The quantitative estimate of drug-likeness (QED) is 0.895. The van der Waals surface area contributed by atoms with Crippen LogP contribution in [0.3, 0.4) is 0 Å². The van der Waals surface area contributed by atoms with Gasteiger partial charge in [-0.3, -0.25) is 4.79 Å². The van der Waals surface area contributed by atoms with Gasteiger partial charge in [-0.05, 0) is 55.8 Å². The summed E-state index contributed by atoms with van der Waals surface area (Å²) in [5, 5.41) is 7.22. The predicted molar refractivity (Wildman–Crippen MR) is 80.8 cm³/mol. The molecule has 1 spiro atoms. The van der Waals surface area contributed by atoms with E-state index in [-0.39, 0.29) is 11.8 Å². The molecule has 1 saturated heterocycles. The summed E-state index contributed by atoms with van der Waals surface area (Å²) in [6.45, 7) is 2.79. The van der Waals surface area contributed by atoms with Gasteiger partial charge in [0.15, 0.2) is 0 Å². The van der Waals surface area contributed by atoms with Gasteiger partial charge in [-0.1, -0.05) is 29.8 Å². The zero-order chi connectivity index (χ0) is 14.0. The van der Waals surface area contributed by atoms with Crippen molar-refractivity contribution in [3.05, 3.63) is 34.9 Å². The molecule has 1 unspecified atom stereocenters. The Hall–Kier alpha value is -1.06. The zero-order valence-corrected chi connectivity index (χ0v) is 12.4. The van der Waals surface area contributed by atoms with Crippen LogP contribution in [0.2, 0.25) is 5.02 Å². The maximum atomic E-state index is 12.2. The Morgan fingerprint density at radius 1 is 1.35 bits per heavy atom. The van der Waals surface area contributed by atoms with Gasteiger partial charge in [0.1, 0.15) is 0 Å². The molecule has 1 aromatic rings. The third-order valence-corrected chi connectivity index (χ3v) is 5.13. The third kappa shape index (κ3) is 2.84. The molecule has 20 heavy (non-hydrogen) atoms. The maximum absolute atomic E-state index is 12.2. The van der Waals surface area contributed by atoms with Gasteiger partial charge in [0.2, 0.25) is 5.91 Å². The van der Waals surface area contributed by atoms with Crippen molar-refractivity contribution < 1.29 is 4.79 Å². The average Bonchev–Trinajstić information content (AvgIpc) is 3.15. The third-order valence-electron chi connectivity index (χ3n) is 4.76. The highest BCUT2D eigenvalue weighted by molar-refractivity contribution is 6.31. The molecule has 1 aliphatic heterocycles. The summed E-state index contributed by atoms with van der Waals surface area (Å²) in [6.07, 6.45) is 4.17. The lowest BCUT2D eigenvalue weighted by Gasteiger charge is -2.23. The molecule has 1 amide bonds. The summed E-state index contributed by atoms with van der Waals surface area (Å²) in [6, 6.07) is 7.81. The molecule has 4 heteroatoms. The minimum atomic E-state index is 0.235. The zero-order valence-electron chi connectivity index (χ0n) is 11.6. The van der Waals surface area contributed by atoms with E-state index in [1.54, 1.807) is 0 Å². The van der Waals surface area contributed by atoms with Gasteiger partial charge in [-0.2, -0.15) is 0 Å². The first kappa shape index (κ1) is 13.9. The minimum Gasteiger partial charge on any atom is -0.356 e. The number of halogens is 1. The highest BCUT2D eigenvalue weighted by atomic mass is 35.5. The summed E-state index contributed by atoms with van der Waals surface area (Å²) in [5.74, 6) is 0.481. The normalized spacial score (nSPS) is 23.6. The first-order valence-electron chi connectivity index (χ1n) is 7.43. The van der Waals surface area contributed by atoms with Gasteiger partial charge in [0.05, 0.1) is 0 Å². The van der Waals surface area contributed by atoms with Crippen LogP contribution in [-0.4, -0.2) is 25.5 Å². The number of rotatable bonds is 4. The van der Waals surface area contributed by atoms with E-state index < -0.39 is 0 Å². The minimum absolute atomic E-state index is 0.235. The van der Waals surface area contributed by atoms with E-state index in [0.29, 0.717) is 12.0 Å². The van der Waals surface area contributed by atoms with E-state index in [1.165, 1.54) is 0 Å². The molecule has 1 heterocycles. The Balaban J connectivity index is 1.45. The molecule has 1 atom stereocenters. The lowest BCUT2D eigenvalue weighted by molar-refractivity contribution is -0.123. The van der Waals surface area contributed by atoms with Gasteiger partial charge in [-0.25, -0.2) is 0 Å². The lowest BCUT2D eigenvalue weighted by Crippen LogP contribution is -2.34. The molecule has 0 bridgehead atoms. The van der Waals surface area contributed by atoms with Crippen LogP contribution in [0.15, 0.2) is 24.3 Å². The van der Waals surface area contributed by atoms with Gasteiger partial charge >= 0.3 is 0 Å². The number of hydrogen-bond acceptors (Lipinski definition) is 2. The maximum Gasteiger partial charge on any atom is 0.223 e. The number of piperidine rings is 1. The number of carbonyl (C=O) groups is 1. The molecule has 0 radical (unpaired) electrons. The fraction of sp³-hybridized carbons (Fsp3) is 0.562. The highest BCUT2D eigenvalue weighted by Crippen LogP contribution is 2.58. The standard InChI is InChI=1S/C16H21ClN2O/c17-14-4-2-1-3-12(14)5-8-19-15(20)13-11-16(13)6-9-18-10-7-16/h1-4,13,18H,5-11H2,(H,19,20). The van der Waals surface area contributed by atoms with Gasteiger partial charge in [-0.15, -0.1) is 0 Å². The molecule has 1 aliphatic carbocycles. The first-order chi connectivity index (χ1) is 9.71. The molecule has 0 aromatic heterocycles. The summed E-state index contributed by atoms with van der Waals surface area (Å²) in [4.78, 5) is 12.2. The molecular formula is C16H21ClN2O. The number of carbonyl (C=O) groups excluding carboxylic acids is 1. The van der Waals surface area contributed by atoms with Crippen LogP contribution in [0, 0.1) is 11.3 Å². The summed E-state index contributed by atoms with van der Waals surface area (Å²) in [7, 11) is 0. The molecule has 3 nitrogen and oxygen atoms in total. The van der Waals surface area contributed by atoms with Crippen molar-refractivity contribution in [1.29, 1.82) is 0 Å². The Morgan fingerprint density at radius 2 is 2.10 bits per heavy atom. The molecular weight excluding hydrogens is 272 g/mol. The summed E-state index contributed by atoms with van der Waals surface area (Å²) < 4.78 is 0. The van der Waals surface area contributed by atoms with E-state index >= 15 is 0 Å². The lowest BCUT2D eigenvalue weighted by atomic mass is 9.92. The monoisotopic (exact) mass is 292 g/mol. The molecule has 108 valence electrons. The van der Waals surface area contributed by atoms with Crippen molar-refractivity contribution in [2.75, 3.05) is 19.6 Å². The Kier molecular flexibility index (Phi) is 3.99. The molecule has 2 aliphatic rings. The van der Waals surface area contributed by atoms with E-state index in [2.05, 4.69) is 10.6 Å². The largest absolute Gasteiger partial charge is 0.356 e. The van der Waals surface area contributed by atoms with Gasteiger partial charge in [0, 0.05) is 17.5 Å². The number of hydrogen-bond donors (Lipinski definition) is 2. The van der Waals surface area contributed by atoms with Crippen LogP contribution in [0.25, 0.3) is 0 Å². The molecule has 2 fully saturated rings. The average molecular weight is 293 g/mol. The second-order valence-electron chi connectivity index (χ2n) is 6.00. The summed E-state index contributed by atoms with van der Waals surface area (Å²) in [5.41, 5.74) is 1.42. The second kappa shape index (κ2) is 5.74. The molecule has 1 aromatic carbocycles. The summed E-state index contributed by atoms with van der Waals surface area (Å²) >= 11 is 6.11. The fourth-order valence-electron chi connectivity index (χ4n) is 3.34. The van der Waals surface area contributed by atoms with Crippen molar-refractivity contribution in [3.8, 4) is 0 Å². The van der Waals surface area contributed by atoms with E-state index in [0.717, 1.165) is 49.4 Å². The van der Waals surface area contributed by atoms with Crippen molar-refractivity contribution in [1.82, 2.24) is 10.6 Å². The van der Waals surface area contributed by atoms with Crippen molar-refractivity contribution in [2.45, 2.75) is 25.7 Å². The van der Waals surface area contributed by atoms with Crippen LogP contribution in [0.4, 0.5) is 0 Å². The van der Waals surface area contributed by atoms with Crippen molar-refractivity contribution in [2.24, 2.45) is 11.3 Å². The Morgan fingerprint density at radius 3 is 2.85 bits per heavy atom. The first-order valence-corrected chi connectivity index (χ1v) is 7.81. The second-order valence-corrected chi connectivity index (χ2v) is 6.41. The number of nitrogens with one attached hydrogen (secondary N) is 2. The van der Waals surface area contributed by atoms with E-state index in [9.17, 15) is 4.79 Å². The van der Waals surface area contributed by atoms with Crippen LogP contribution in [0.5, 0.6) is 0 Å². The highest BCUT2D eigenvalue weighted by Gasteiger charge is 2.57. The van der Waals surface area contributed by atoms with Crippen molar-refractivity contribution >= 4 is 17.5 Å². The fourth-order valence-corrected chi connectivity index (χ4v) is 3.57. The smallest absolute Gasteiger partial charge is 0.223 e. The number of benzene rings is 1. The van der Waals surface area contributed by atoms with Crippen molar-refractivity contribution in [3.63, 3.8) is 0 Å². The van der Waals surface area contributed by atoms with Crippen LogP contribution < -0.4 is 10.6 Å². The number of amides is 1. The topological polar surface area (TPSA) is 41.1 Å². The molecule has 1 saturated carbocycles. The molecule has 3 rings (SSSR count). The Bertz CT molecular complexity index is 497. The predicted octanol–water partition coefficient (Wildman–Crippen LogP) is 2.39.